The number of ether oxygens (including phenoxy) is 2. The van der Waals surface area contributed by atoms with Crippen molar-refractivity contribution in [2.24, 2.45) is 5.92 Å². The number of imide groups is 1. The van der Waals surface area contributed by atoms with Crippen molar-refractivity contribution in [2.75, 3.05) is 13.2 Å². The van der Waals surface area contributed by atoms with Crippen LogP contribution in [-0.2, 0) is 18.7 Å². The number of cyclic esters (lactones) is 1. The molecule has 2 fully saturated rings. The fourth-order valence-corrected chi connectivity index (χ4v) is 10.6. The molecule has 3 atom stereocenters. The van der Waals surface area contributed by atoms with Crippen LogP contribution in [0.1, 0.15) is 67.2 Å². The van der Waals surface area contributed by atoms with E-state index in [4.69, 9.17) is 13.9 Å². The topological polar surface area (TPSA) is 65.1 Å². The summed E-state index contributed by atoms with van der Waals surface area (Å²) in [4.78, 5) is 26.5. The molecule has 2 aliphatic rings. The van der Waals surface area contributed by atoms with E-state index in [1.807, 2.05) is 26.0 Å². The van der Waals surface area contributed by atoms with Gasteiger partial charge in [0.25, 0.3) is 8.32 Å². The molecule has 0 aromatic heterocycles. The number of nitrogens with zero attached hydrogens (tertiary/aromatic N) is 1. The molecular formula is C31H43NO5Si. The maximum absolute atomic E-state index is 13.0. The number of carbonyl (C=O) groups is 2. The summed E-state index contributed by atoms with van der Waals surface area (Å²) in [5, 5.41) is 2.41. The first kappa shape index (κ1) is 28.5. The van der Waals surface area contributed by atoms with Gasteiger partial charge >= 0.3 is 6.09 Å². The van der Waals surface area contributed by atoms with Crippen LogP contribution in [-0.4, -0.2) is 56.2 Å². The third-order valence-corrected chi connectivity index (χ3v) is 13.2. The highest BCUT2D eigenvalue weighted by molar-refractivity contribution is 6.99. The molecule has 2 aliphatic heterocycles. The van der Waals surface area contributed by atoms with Crippen LogP contribution >= 0.6 is 0 Å². The van der Waals surface area contributed by atoms with Crippen molar-refractivity contribution in [3.05, 3.63) is 60.7 Å². The van der Waals surface area contributed by atoms with Crippen LogP contribution in [0.3, 0.4) is 0 Å². The average molecular weight is 538 g/mol. The Balaban J connectivity index is 1.45. The highest BCUT2D eigenvalue weighted by Gasteiger charge is 2.51. The summed E-state index contributed by atoms with van der Waals surface area (Å²) >= 11 is 0. The van der Waals surface area contributed by atoms with Gasteiger partial charge in [-0.05, 0) is 47.5 Å². The van der Waals surface area contributed by atoms with E-state index < -0.39 is 20.0 Å². The van der Waals surface area contributed by atoms with E-state index in [-0.39, 0.29) is 42.0 Å². The first-order valence-electron chi connectivity index (χ1n) is 13.9. The number of hydrogen-bond donors (Lipinski definition) is 0. The molecule has 2 amide bonds. The maximum atomic E-state index is 13.0. The molecule has 38 heavy (non-hydrogen) atoms. The molecule has 0 unspecified atom stereocenters. The quantitative estimate of drug-likeness (QED) is 0.407. The summed E-state index contributed by atoms with van der Waals surface area (Å²) in [5.41, 5.74) is -0.425. The Labute approximate surface area is 228 Å². The molecule has 0 aliphatic carbocycles. The highest BCUT2D eigenvalue weighted by Crippen LogP contribution is 2.39. The van der Waals surface area contributed by atoms with Gasteiger partial charge in [-0.15, -0.1) is 0 Å². The molecule has 4 rings (SSSR count). The SMILES string of the molecule is CC(C)[C@@H]1COC(=O)N1C(=O)CC[C@@]1(C)CC[C@H](CO[Si](c2ccccc2)(c2ccccc2)C(C)(C)C)O1. The van der Waals surface area contributed by atoms with E-state index in [1.54, 1.807) is 0 Å². The standard InChI is InChI=1S/C31H43NO5Si/c1-23(2)27-22-35-29(34)32(27)28(33)18-20-31(6)19-17-24(37-31)21-36-38(30(3,4)5,25-13-9-7-10-14-25)26-15-11-8-12-16-26/h7-16,23-24,27H,17-22H2,1-6H3/t24-,27+,31-/m1/s1. The minimum atomic E-state index is -2.64. The van der Waals surface area contributed by atoms with Crippen molar-refractivity contribution in [1.82, 2.24) is 4.90 Å². The molecule has 0 spiro atoms. The fourth-order valence-electron chi connectivity index (χ4n) is 5.97. The van der Waals surface area contributed by atoms with Crippen LogP contribution in [0.2, 0.25) is 5.04 Å². The predicted molar refractivity (Wildman–Crippen MR) is 152 cm³/mol. The summed E-state index contributed by atoms with van der Waals surface area (Å²) in [6.07, 6.45) is 1.99. The Bertz CT molecular complexity index is 1060. The van der Waals surface area contributed by atoms with Gasteiger partial charge in [0.15, 0.2) is 0 Å². The Morgan fingerprint density at radius 2 is 1.66 bits per heavy atom. The first-order valence-corrected chi connectivity index (χ1v) is 15.8. The molecule has 2 saturated heterocycles. The van der Waals surface area contributed by atoms with Gasteiger partial charge in [-0.2, -0.15) is 0 Å². The molecule has 0 saturated carbocycles. The van der Waals surface area contributed by atoms with Gasteiger partial charge in [0, 0.05) is 6.42 Å². The monoisotopic (exact) mass is 537 g/mol. The van der Waals surface area contributed by atoms with E-state index in [1.165, 1.54) is 15.3 Å². The van der Waals surface area contributed by atoms with Crippen molar-refractivity contribution in [3.63, 3.8) is 0 Å². The molecule has 7 heteroatoms. The number of amides is 2. The zero-order valence-corrected chi connectivity index (χ0v) is 24.7. The van der Waals surface area contributed by atoms with E-state index >= 15 is 0 Å². The molecular weight excluding hydrogens is 494 g/mol. The Hall–Kier alpha value is -2.48. The molecule has 6 nitrogen and oxygen atoms in total. The predicted octanol–water partition coefficient (Wildman–Crippen LogP) is 5.28. The summed E-state index contributed by atoms with van der Waals surface area (Å²) in [6.45, 7) is 13.7. The van der Waals surface area contributed by atoms with Gasteiger partial charge in [0.1, 0.15) is 6.61 Å². The van der Waals surface area contributed by atoms with E-state index in [9.17, 15) is 9.59 Å². The molecule has 206 valence electrons. The summed E-state index contributed by atoms with van der Waals surface area (Å²) < 4.78 is 18.8. The Morgan fingerprint density at radius 3 is 2.18 bits per heavy atom. The lowest BCUT2D eigenvalue weighted by Gasteiger charge is -2.43. The molecule has 0 bridgehead atoms. The van der Waals surface area contributed by atoms with Gasteiger partial charge < -0.3 is 13.9 Å². The summed E-state index contributed by atoms with van der Waals surface area (Å²) in [7, 11) is -2.64. The van der Waals surface area contributed by atoms with Crippen LogP contribution in [0.4, 0.5) is 4.79 Å². The Kier molecular flexibility index (Phi) is 8.50. The molecule has 2 aromatic rings. The summed E-state index contributed by atoms with van der Waals surface area (Å²) in [6, 6.07) is 21.1. The first-order chi connectivity index (χ1) is 18.0. The zero-order valence-electron chi connectivity index (χ0n) is 23.7. The van der Waals surface area contributed by atoms with Crippen molar-refractivity contribution in [1.29, 1.82) is 0 Å². The van der Waals surface area contributed by atoms with Crippen LogP contribution in [0.15, 0.2) is 60.7 Å². The lowest BCUT2D eigenvalue weighted by Crippen LogP contribution is -2.67. The van der Waals surface area contributed by atoms with Crippen molar-refractivity contribution < 1.29 is 23.5 Å². The van der Waals surface area contributed by atoms with Gasteiger partial charge in [-0.25, -0.2) is 9.69 Å². The minimum absolute atomic E-state index is 0.0445. The van der Waals surface area contributed by atoms with Gasteiger partial charge in [-0.3, -0.25) is 4.79 Å². The van der Waals surface area contributed by atoms with Crippen molar-refractivity contribution in [2.45, 2.75) is 90.0 Å². The zero-order chi connectivity index (χ0) is 27.6. The van der Waals surface area contributed by atoms with E-state index in [0.717, 1.165) is 12.8 Å². The normalized spacial score (nSPS) is 24.2. The second kappa shape index (κ2) is 11.3. The summed E-state index contributed by atoms with van der Waals surface area (Å²) in [5.74, 6) is -0.0187. The van der Waals surface area contributed by atoms with E-state index in [2.05, 4.69) is 76.2 Å². The third kappa shape index (κ3) is 5.75. The molecule has 0 radical (unpaired) electrons. The van der Waals surface area contributed by atoms with Crippen molar-refractivity contribution >= 4 is 30.7 Å². The maximum Gasteiger partial charge on any atom is 0.416 e. The third-order valence-electron chi connectivity index (χ3n) is 8.16. The lowest BCUT2D eigenvalue weighted by atomic mass is 9.95. The van der Waals surface area contributed by atoms with Gasteiger partial charge in [0.2, 0.25) is 5.91 Å². The lowest BCUT2D eigenvalue weighted by molar-refractivity contribution is -0.131. The second-order valence-corrected chi connectivity index (χ2v) is 16.7. The fraction of sp³-hybridized carbons (Fsp3) is 0.548. The van der Waals surface area contributed by atoms with E-state index in [0.29, 0.717) is 13.0 Å². The minimum Gasteiger partial charge on any atom is -0.447 e. The van der Waals surface area contributed by atoms with Crippen LogP contribution < -0.4 is 10.4 Å². The number of rotatable bonds is 9. The smallest absolute Gasteiger partial charge is 0.416 e. The second-order valence-electron chi connectivity index (χ2n) is 12.4. The number of benzene rings is 2. The van der Waals surface area contributed by atoms with Gasteiger partial charge in [-0.1, -0.05) is 95.3 Å². The van der Waals surface area contributed by atoms with Gasteiger partial charge in [0.05, 0.1) is 24.4 Å². The van der Waals surface area contributed by atoms with Crippen LogP contribution in [0.5, 0.6) is 0 Å². The largest absolute Gasteiger partial charge is 0.447 e. The van der Waals surface area contributed by atoms with Crippen molar-refractivity contribution in [3.8, 4) is 0 Å². The van der Waals surface area contributed by atoms with Crippen LogP contribution in [0, 0.1) is 5.92 Å². The Morgan fingerprint density at radius 1 is 1.08 bits per heavy atom. The number of hydrogen-bond acceptors (Lipinski definition) is 5. The molecule has 2 heterocycles. The number of carbonyl (C=O) groups excluding carboxylic acids is 2. The highest BCUT2D eigenvalue weighted by atomic mass is 28.4. The molecule has 0 N–H and O–H groups in total. The molecule has 2 aromatic carbocycles. The van der Waals surface area contributed by atoms with Crippen LogP contribution in [0.25, 0.3) is 0 Å². The average Bonchev–Trinajstić information content (AvgIpc) is 3.46.